The Balaban J connectivity index is 1.72. The van der Waals surface area contributed by atoms with Crippen molar-refractivity contribution in [2.24, 2.45) is 0 Å². The average Bonchev–Trinajstić information content (AvgIpc) is 2.92. The van der Waals surface area contributed by atoms with Gasteiger partial charge in [-0.3, -0.25) is 4.79 Å². The highest BCUT2D eigenvalue weighted by molar-refractivity contribution is 6.04. The van der Waals surface area contributed by atoms with Crippen LogP contribution in [0, 0.1) is 0 Å². The van der Waals surface area contributed by atoms with Crippen LogP contribution in [-0.4, -0.2) is 46.7 Å². The zero-order valence-corrected chi connectivity index (χ0v) is 13.9. The SMILES string of the molecule is O=C(OCC(=O)N1CCCCCC1)c1cc(O)c2ccccc2c1O. The van der Waals surface area contributed by atoms with E-state index in [2.05, 4.69) is 0 Å². The molecule has 132 valence electrons. The highest BCUT2D eigenvalue weighted by Gasteiger charge is 2.21. The molecule has 6 nitrogen and oxygen atoms in total. The highest BCUT2D eigenvalue weighted by atomic mass is 16.5. The topological polar surface area (TPSA) is 87.1 Å². The van der Waals surface area contributed by atoms with Crippen LogP contribution in [0.4, 0.5) is 0 Å². The van der Waals surface area contributed by atoms with Crippen molar-refractivity contribution in [2.75, 3.05) is 19.7 Å². The monoisotopic (exact) mass is 343 g/mol. The molecule has 1 heterocycles. The van der Waals surface area contributed by atoms with E-state index < -0.39 is 5.97 Å². The number of phenolic OH excluding ortho intramolecular Hbond substituents is 2. The summed E-state index contributed by atoms with van der Waals surface area (Å²) in [5.41, 5.74) is -0.153. The molecule has 0 atom stereocenters. The minimum absolute atomic E-state index is 0.126. The molecule has 2 aromatic carbocycles. The lowest BCUT2D eigenvalue weighted by Crippen LogP contribution is -2.35. The second-order valence-electron chi connectivity index (χ2n) is 6.21. The number of carbonyl (C=O) groups excluding carboxylic acids is 2. The predicted octanol–water partition coefficient (Wildman–Crippen LogP) is 2.81. The van der Waals surface area contributed by atoms with Gasteiger partial charge in [0.05, 0.1) is 0 Å². The molecule has 1 amide bonds. The van der Waals surface area contributed by atoms with Crippen molar-refractivity contribution in [3.8, 4) is 11.5 Å². The molecule has 3 rings (SSSR count). The molecule has 1 saturated heterocycles. The van der Waals surface area contributed by atoms with Crippen LogP contribution < -0.4 is 0 Å². The lowest BCUT2D eigenvalue weighted by Gasteiger charge is -2.20. The summed E-state index contributed by atoms with van der Waals surface area (Å²) in [7, 11) is 0. The molecule has 2 aromatic rings. The molecule has 1 aliphatic heterocycles. The van der Waals surface area contributed by atoms with Gasteiger partial charge in [-0.1, -0.05) is 37.1 Å². The van der Waals surface area contributed by atoms with Crippen LogP contribution in [0.15, 0.2) is 30.3 Å². The van der Waals surface area contributed by atoms with Crippen molar-refractivity contribution >= 4 is 22.6 Å². The Morgan fingerprint density at radius 2 is 1.64 bits per heavy atom. The van der Waals surface area contributed by atoms with Gasteiger partial charge in [-0.2, -0.15) is 0 Å². The van der Waals surface area contributed by atoms with E-state index in [0.29, 0.717) is 23.9 Å². The van der Waals surface area contributed by atoms with Gasteiger partial charge in [0.1, 0.15) is 17.1 Å². The van der Waals surface area contributed by atoms with E-state index in [1.165, 1.54) is 0 Å². The number of carbonyl (C=O) groups is 2. The summed E-state index contributed by atoms with van der Waals surface area (Å²) in [6.45, 7) is 0.989. The van der Waals surface area contributed by atoms with Crippen LogP contribution >= 0.6 is 0 Å². The number of hydrogen-bond donors (Lipinski definition) is 2. The first-order chi connectivity index (χ1) is 12.1. The summed E-state index contributed by atoms with van der Waals surface area (Å²) in [5, 5.41) is 21.1. The third-order valence-electron chi connectivity index (χ3n) is 4.50. The van der Waals surface area contributed by atoms with Gasteiger partial charge in [0.15, 0.2) is 6.61 Å². The summed E-state index contributed by atoms with van der Waals surface area (Å²) in [5.74, 6) is -1.46. The van der Waals surface area contributed by atoms with Gasteiger partial charge in [0, 0.05) is 23.9 Å². The second kappa shape index (κ2) is 7.42. The molecule has 0 spiro atoms. The zero-order valence-electron chi connectivity index (χ0n) is 13.9. The Kier molecular flexibility index (Phi) is 5.07. The first kappa shape index (κ1) is 17.1. The molecule has 1 aliphatic rings. The van der Waals surface area contributed by atoms with E-state index in [9.17, 15) is 19.8 Å². The number of hydrogen-bond acceptors (Lipinski definition) is 5. The fourth-order valence-electron chi connectivity index (χ4n) is 3.11. The molecule has 25 heavy (non-hydrogen) atoms. The van der Waals surface area contributed by atoms with Crippen molar-refractivity contribution in [2.45, 2.75) is 25.7 Å². The van der Waals surface area contributed by atoms with Crippen LogP contribution in [0.3, 0.4) is 0 Å². The molecule has 0 unspecified atom stereocenters. The number of phenols is 2. The molecule has 6 heteroatoms. The van der Waals surface area contributed by atoms with Crippen LogP contribution in [0.2, 0.25) is 0 Å². The molecule has 2 N–H and O–H groups in total. The number of ether oxygens (including phenoxy) is 1. The normalized spacial score (nSPS) is 15.0. The molecule has 0 saturated carbocycles. The first-order valence-corrected chi connectivity index (χ1v) is 8.46. The van der Waals surface area contributed by atoms with Crippen molar-refractivity contribution in [3.63, 3.8) is 0 Å². The molecular formula is C19H21NO5. The summed E-state index contributed by atoms with van der Waals surface area (Å²) in [4.78, 5) is 26.1. The summed E-state index contributed by atoms with van der Waals surface area (Å²) >= 11 is 0. The average molecular weight is 343 g/mol. The Bertz CT molecular complexity index is 794. The number of esters is 1. The van der Waals surface area contributed by atoms with Gasteiger partial charge in [-0.25, -0.2) is 4.79 Å². The Hall–Kier alpha value is -2.76. The lowest BCUT2D eigenvalue weighted by molar-refractivity contribution is -0.134. The van der Waals surface area contributed by atoms with Crippen LogP contribution in [0.5, 0.6) is 11.5 Å². The van der Waals surface area contributed by atoms with Crippen LogP contribution in [0.25, 0.3) is 10.8 Å². The number of benzene rings is 2. The van der Waals surface area contributed by atoms with E-state index in [4.69, 9.17) is 4.74 Å². The minimum atomic E-state index is -0.832. The van der Waals surface area contributed by atoms with Gasteiger partial charge < -0.3 is 19.8 Å². The van der Waals surface area contributed by atoms with Crippen LogP contribution in [-0.2, 0) is 9.53 Å². The van der Waals surface area contributed by atoms with Crippen LogP contribution in [0.1, 0.15) is 36.0 Å². The molecule has 1 fully saturated rings. The predicted molar refractivity (Wildman–Crippen MR) is 92.6 cm³/mol. The van der Waals surface area contributed by atoms with E-state index in [1.54, 1.807) is 29.2 Å². The van der Waals surface area contributed by atoms with Crippen molar-refractivity contribution in [1.82, 2.24) is 4.90 Å². The quantitative estimate of drug-likeness (QED) is 0.661. The third kappa shape index (κ3) is 3.68. The third-order valence-corrected chi connectivity index (χ3v) is 4.50. The van der Waals surface area contributed by atoms with Crippen molar-refractivity contribution in [1.29, 1.82) is 0 Å². The maximum Gasteiger partial charge on any atom is 0.342 e. The Labute approximate surface area is 145 Å². The zero-order chi connectivity index (χ0) is 17.8. The van der Waals surface area contributed by atoms with Gasteiger partial charge in [0.25, 0.3) is 5.91 Å². The Morgan fingerprint density at radius 3 is 2.32 bits per heavy atom. The maximum absolute atomic E-state index is 12.3. The van der Waals surface area contributed by atoms with E-state index in [0.717, 1.165) is 31.7 Å². The minimum Gasteiger partial charge on any atom is -0.507 e. The maximum atomic E-state index is 12.3. The molecule has 0 bridgehead atoms. The fourth-order valence-corrected chi connectivity index (χ4v) is 3.11. The number of rotatable bonds is 3. The summed E-state index contributed by atoms with van der Waals surface area (Å²) in [6, 6.07) is 7.82. The summed E-state index contributed by atoms with van der Waals surface area (Å²) in [6.07, 6.45) is 4.12. The fraction of sp³-hybridized carbons (Fsp3) is 0.368. The largest absolute Gasteiger partial charge is 0.507 e. The van der Waals surface area contributed by atoms with E-state index in [1.807, 2.05) is 0 Å². The van der Waals surface area contributed by atoms with Crippen molar-refractivity contribution in [3.05, 3.63) is 35.9 Å². The van der Waals surface area contributed by atoms with Gasteiger partial charge >= 0.3 is 5.97 Å². The second-order valence-corrected chi connectivity index (χ2v) is 6.21. The first-order valence-electron chi connectivity index (χ1n) is 8.46. The number of amides is 1. The number of likely N-dealkylation sites (tertiary alicyclic amines) is 1. The lowest BCUT2D eigenvalue weighted by atomic mass is 10.0. The summed E-state index contributed by atoms with van der Waals surface area (Å²) < 4.78 is 5.07. The standard InChI is InChI=1S/C19H21NO5/c21-16-11-15(18(23)14-8-4-3-7-13(14)16)19(24)25-12-17(22)20-9-5-1-2-6-10-20/h3-4,7-8,11,21,23H,1-2,5-6,9-10,12H2. The highest BCUT2D eigenvalue weighted by Crippen LogP contribution is 2.35. The number of nitrogens with zero attached hydrogens (tertiary/aromatic N) is 1. The Morgan fingerprint density at radius 1 is 1.00 bits per heavy atom. The molecule has 0 aliphatic carbocycles. The van der Waals surface area contributed by atoms with Gasteiger partial charge in [-0.15, -0.1) is 0 Å². The molecular weight excluding hydrogens is 322 g/mol. The smallest absolute Gasteiger partial charge is 0.342 e. The van der Waals surface area contributed by atoms with Gasteiger partial charge in [-0.05, 0) is 18.9 Å². The number of fused-ring (bicyclic) bond motifs is 1. The van der Waals surface area contributed by atoms with Gasteiger partial charge in [0.2, 0.25) is 0 Å². The molecule has 0 radical (unpaired) electrons. The number of aromatic hydroxyl groups is 2. The molecule has 0 aromatic heterocycles. The van der Waals surface area contributed by atoms with Crippen molar-refractivity contribution < 1.29 is 24.5 Å². The van der Waals surface area contributed by atoms with E-state index in [-0.39, 0.29) is 29.6 Å². The van der Waals surface area contributed by atoms with E-state index >= 15 is 0 Å².